The number of carbonyl (C=O) groups excluding carboxylic acids is 1. The van der Waals surface area contributed by atoms with Crippen LogP contribution >= 0.6 is 0 Å². The van der Waals surface area contributed by atoms with Crippen LogP contribution in [0.25, 0.3) is 0 Å². The van der Waals surface area contributed by atoms with Crippen molar-refractivity contribution in [3.63, 3.8) is 0 Å². The second-order valence-corrected chi connectivity index (χ2v) is 5.92. The molecule has 1 aliphatic rings. The molecule has 1 heterocycles. The molecule has 0 aromatic heterocycles. The van der Waals surface area contributed by atoms with Gasteiger partial charge in [-0.05, 0) is 26.7 Å². The van der Waals surface area contributed by atoms with Crippen molar-refractivity contribution in [1.29, 1.82) is 0 Å². The molecule has 0 amide bonds. The summed E-state index contributed by atoms with van der Waals surface area (Å²) < 4.78 is 0. The number of oxime groups is 1. The summed E-state index contributed by atoms with van der Waals surface area (Å²) in [5.41, 5.74) is -0.200. The predicted octanol–water partition coefficient (Wildman–Crippen LogP) is 3.08. The van der Waals surface area contributed by atoms with Crippen LogP contribution in [-0.4, -0.2) is 27.8 Å². The molecule has 110 valence electrons. The monoisotopic (exact) mass is 269 g/mol. The molecule has 0 aliphatic carbocycles. The second-order valence-electron chi connectivity index (χ2n) is 5.92. The van der Waals surface area contributed by atoms with Crippen molar-refractivity contribution in [3.05, 3.63) is 5.21 Å². The van der Waals surface area contributed by atoms with Crippen LogP contribution < -0.4 is 0 Å². The van der Waals surface area contributed by atoms with Gasteiger partial charge in [-0.3, -0.25) is 0 Å². The first-order valence-electron chi connectivity index (χ1n) is 6.93. The minimum absolute atomic E-state index is 0.0334. The minimum atomic E-state index is -0.512. The number of rotatable bonds is 3. The van der Waals surface area contributed by atoms with E-state index in [2.05, 4.69) is 5.16 Å². The average molecular weight is 269 g/mol. The van der Waals surface area contributed by atoms with Crippen LogP contribution in [0, 0.1) is 11.1 Å². The molecular formula is C14H25N2O3-. The van der Waals surface area contributed by atoms with E-state index >= 15 is 0 Å². The quantitative estimate of drug-likeness (QED) is 0.583. The Balaban J connectivity index is 3.16. The van der Waals surface area contributed by atoms with E-state index in [1.54, 1.807) is 0 Å². The maximum atomic E-state index is 12.7. The smallest absolute Gasteiger partial charge is 0.331 e. The van der Waals surface area contributed by atoms with Crippen LogP contribution in [0.1, 0.15) is 60.8 Å². The number of hydroxylamine groups is 2. The second kappa shape index (κ2) is 5.59. The molecule has 19 heavy (non-hydrogen) atoms. The largest absolute Gasteiger partial charge is 0.784 e. The summed E-state index contributed by atoms with van der Waals surface area (Å²) in [6.07, 6.45) is 2.00. The van der Waals surface area contributed by atoms with Gasteiger partial charge in [0.15, 0.2) is 0 Å². The summed E-state index contributed by atoms with van der Waals surface area (Å²) in [5, 5.41) is 17.9. The van der Waals surface area contributed by atoms with E-state index < -0.39 is 17.0 Å². The Morgan fingerprint density at radius 1 is 1.47 bits per heavy atom. The summed E-state index contributed by atoms with van der Waals surface area (Å²) in [4.78, 5) is 15.7. The lowest BCUT2D eigenvalue weighted by Crippen LogP contribution is -2.64. The number of hydrogen-bond donors (Lipinski definition) is 0. The van der Waals surface area contributed by atoms with Crippen LogP contribution in [0.15, 0.2) is 5.16 Å². The van der Waals surface area contributed by atoms with Gasteiger partial charge in [0.2, 0.25) is 0 Å². The highest BCUT2D eigenvalue weighted by molar-refractivity contribution is 5.89. The van der Waals surface area contributed by atoms with E-state index in [4.69, 9.17) is 4.84 Å². The Hall–Kier alpha value is -0.940. The fourth-order valence-corrected chi connectivity index (χ4v) is 2.72. The average Bonchev–Trinajstić information content (AvgIpc) is 2.39. The zero-order valence-electron chi connectivity index (χ0n) is 12.8. The first-order chi connectivity index (χ1) is 8.71. The lowest BCUT2D eigenvalue weighted by molar-refractivity contribution is -0.141. The Morgan fingerprint density at radius 2 is 2.05 bits per heavy atom. The maximum Gasteiger partial charge on any atom is 0.331 e. The van der Waals surface area contributed by atoms with Crippen molar-refractivity contribution in [2.24, 2.45) is 11.1 Å². The number of carbonyl (C=O) groups is 1. The third-order valence-corrected chi connectivity index (χ3v) is 4.72. The standard InChI is InChI=1S/C14H25N2O3/c1-7-13(5)9-12(15-19-11(4)17)10(3)14(6,8-2)16(13)18/h10H,7-9H2,1-6H3/q-1/b15-12+. The molecule has 5 heteroatoms. The topological polar surface area (TPSA) is 65.0 Å². The number of piperidine rings is 1. The Labute approximate surface area is 115 Å². The lowest BCUT2D eigenvalue weighted by Gasteiger charge is -2.62. The number of nitrogens with zero attached hydrogens (tertiary/aromatic N) is 2. The van der Waals surface area contributed by atoms with E-state index in [0.29, 0.717) is 6.42 Å². The summed E-state index contributed by atoms with van der Waals surface area (Å²) in [6, 6.07) is 0. The molecule has 0 aromatic rings. The van der Waals surface area contributed by atoms with Gasteiger partial charge in [-0.2, -0.15) is 0 Å². The van der Waals surface area contributed by atoms with Crippen molar-refractivity contribution in [2.75, 3.05) is 0 Å². The number of hydrogen-bond acceptors (Lipinski definition) is 5. The van der Waals surface area contributed by atoms with Gasteiger partial charge in [-0.1, -0.05) is 25.9 Å². The molecule has 1 saturated heterocycles. The molecule has 0 radical (unpaired) electrons. The highest BCUT2D eigenvalue weighted by Gasteiger charge is 2.47. The molecule has 0 bridgehead atoms. The van der Waals surface area contributed by atoms with E-state index in [9.17, 15) is 10.0 Å². The lowest BCUT2D eigenvalue weighted by atomic mass is 9.70. The van der Waals surface area contributed by atoms with E-state index in [-0.39, 0.29) is 5.92 Å². The van der Waals surface area contributed by atoms with Gasteiger partial charge >= 0.3 is 5.97 Å². The van der Waals surface area contributed by atoms with Crippen molar-refractivity contribution in [2.45, 2.75) is 71.9 Å². The molecule has 0 aromatic carbocycles. The summed E-state index contributed by atoms with van der Waals surface area (Å²) in [6.45, 7) is 11.2. The SMILES string of the molecule is CCC1(C)C/C(=N\OC(C)=O)C(C)C(C)(CC)N1[O-]. The first-order valence-corrected chi connectivity index (χ1v) is 6.93. The van der Waals surface area contributed by atoms with Crippen LogP contribution in [0.4, 0.5) is 0 Å². The molecule has 0 saturated carbocycles. The highest BCUT2D eigenvalue weighted by Crippen LogP contribution is 2.43. The Morgan fingerprint density at radius 3 is 2.47 bits per heavy atom. The Kier molecular flexibility index (Phi) is 4.74. The van der Waals surface area contributed by atoms with Gasteiger partial charge in [-0.15, -0.1) is 0 Å². The van der Waals surface area contributed by atoms with E-state index in [1.807, 2.05) is 34.6 Å². The maximum absolute atomic E-state index is 12.7. The fraction of sp³-hybridized carbons (Fsp3) is 0.857. The first kappa shape index (κ1) is 16.1. The van der Waals surface area contributed by atoms with E-state index in [1.165, 1.54) is 12.0 Å². The molecule has 0 spiro atoms. The van der Waals surface area contributed by atoms with Crippen LogP contribution in [0.2, 0.25) is 0 Å². The third-order valence-electron chi connectivity index (χ3n) is 4.72. The van der Waals surface area contributed by atoms with Crippen LogP contribution in [0.3, 0.4) is 0 Å². The third kappa shape index (κ3) is 2.82. The molecule has 1 aliphatic heterocycles. The van der Waals surface area contributed by atoms with Crippen LogP contribution in [0.5, 0.6) is 0 Å². The van der Waals surface area contributed by atoms with Crippen LogP contribution in [-0.2, 0) is 9.63 Å². The minimum Gasteiger partial charge on any atom is -0.784 e. The highest BCUT2D eigenvalue weighted by atomic mass is 16.7. The van der Waals surface area contributed by atoms with Gasteiger partial charge in [0.05, 0.1) is 5.71 Å². The molecule has 5 nitrogen and oxygen atoms in total. The predicted molar refractivity (Wildman–Crippen MR) is 75.6 cm³/mol. The summed E-state index contributed by atoms with van der Waals surface area (Å²) in [5.74, 6) is -0.463. The zero-order chi connectivity index (χ0) is 14.8. The zero-order valence-corrected chi connectivity index (χ0v) is 12.8. The molecule has 3 atom stereocenters. The van der Waals surface area contributed by atoms with Gasteiger partial charge < -0.3 is 15.1 Å². The fourth-order valence-electron chi connectivity index (χ4n) is 2.72. The molecule has 0 N–H and O–H groups in total. The molecule has 1 rings (SSSR count). The van der Waals surface area contributed by atoms with Gasteiger partial charge in [0.1, 0.15) is 0 Å². The Bertz CT molecular complexity index is 383. The van der Waals surface area contributed by atoms with Gasteiger partial charge in [0, 0.05) is 30.3 Å². The normalized spacial score (nSPS) is 38.5. The van der Waals surface area contributed by atoms with Crippen molar-refractivity contribution < 1.29 is 9.63 Å². The molecule has 3 unspecified atom stereocenters. The van der Waals surface area contributed by atoms with Gasteiger partial charge in [0.25, 0.3) is 0 Å². The van der Waals surface area contributed by atoms with Crippen molar-refractivity contribution in [1.82, 2.24) is 5.06 Å². The van der Waals surface area contributed by atoms with Crippen molar-refractivity contribution in [3.8, 4) is 0 Å². The summed E-state index contributed by atoms with van der Waals surface area (Å²) >= 11 is 0. The van der Waals surface area contributed by atoms with Crippen molar-refractivity contribution >= 4 is 11.7 Å². The summed E-state index contributed by atoms with van der Waals surface area (Å²) in [7, 11) is 0. The van der Waals surface area contributed by atoms with E-state index in [0.717, 1.165) is 18.6 Å². The molecular weight excluding hydrogens is 244 g/mol. The molecule has 1 fully saturated rings. The van der Waals surface area contributed by atoms with Gasteiger partial charge in [-0.25, -0.2) is 4.79 Å².